The lowest BCUT2D eigenvalue weighted by atomic mass is 10.1. The van der Waals surface area contributed by atoms with Gasteiger partial charge in [0.2, 0.25) is 0 Å². The highest BCUT2D eigenvalue weighted by Crippen LogP contribution is 2.36. The van der Waals surface area contributed by atoms with E-state index < -0.39 is 0 Å². The Balaban J connectivity index is 2.00. The average Bonchev–Trinajstić information content (AvgIpc) is 3.09. The third-order valence-electron chi connectivity index (χ3n) is 4.40. The molecule has 5 heteroatoms. The van der Waals surface area contributed by atoms with E-state index in [9.17, 15) is 4.79 Å². The van der Waals surface area contributed by atoms with Crippen molar-refractivity contribution in [3.63, 3.8) is 0 Å². The molecule has 1 aliphatic carbocycles. The van der Waals surface area contributed by atoms with E-state index in [2.05, 4.69) is 4.98 Å². The van der Waals surface area contributed by atoms with Gasteiger partial charge in [-0.25, -0.2) is 4.98 Å². The van der Waals surface area contributed by atoms with Crippen molar-refractivity contribution in [2.45, 2.75) is 45.6 Å². The lowest BCUT2D eigenvalue weighted by Gasteiger charge is -2.27. The summed E-state index contributed by atoms with van der Waals surface area (Å²) in [6.07, 6.45) is 6.44. The second-order valence-corrected chi connectivity index (χ2v) is 6.68. The molecule has 0 bridgehead atoms. The van der Waals surface area contributed by atoms with Gasteiger partial charge in [-0.05, 0) is 38.3 Å². The van der Waals surface area contributed by atoms with Gasteiger partial charge in [0.25, 0.3) is 5.91 Å². The standard InChI is InChI=1S/C16H21N3OS/c1-3-19(11-6-4-5-7-11)16(20)14-13(17)12-10(2)8-9-18-15(12)21-14/h8-9,11H,3-7,17H2,1-2H3. The highest BCUT2D eigenvalue weighted by atomic mass is 32.1. The number of hydrogen-bond donors (Lipinski definition) is 1. The number of thiophene rings is 1. The maximum Gasteiger partial charge on any atom is 0.266 e. The van der Waals surface area contributed by atoms with Gasteiger partial charge in [-0.3, -0.25) is 4.79 Å². The first-order chi connectivity index (χ1) is 10.1. The smallest absolute Gasteiger partial charge is 0.266 e. The molecule has 112 valence electrons. The number of aromatic nitrogens is 1. The normalized spacial score (nSPS) is 15.7. The summed E-state index contributed by atoms with van der Waals surface area (Å²) in [4.78, 5) is 20.8. The fraction of sp³-hybridized carbons (Fsp3) is 0.500. The third kappa shape index (κ3) is 2.39. The van der Waals surface area contributed by atoms with Crippen LogP contribution in [0.3, 0.4) is 0 Å². The molecule has 1 amide bonds. The second kappa shape index (κ2) is 5.64. The number of amides is 1. The maximum absolute atomic E-state index is 12.9. The van der Waals surface area contributed by atoms with Gasteiger partial charge in [0.1, 0.15) is 9.71 Å². The molecule has 4 nitrogen and oxygen atoms in total. The molecule has 2 N–H and O–H groups in total. The molecule has 1 saturated carbocycles. The molecule has 0 aromatic carbocycles. The summed E-state index contributed by atoms with van der Waals surface area (Å²) < 4.78 is 0. The van der Waals surface area contributed by atoms with Gasteiger partial charge in [0.05, 0.1) is 5.69 Å². The highest BCUT2D eigenvalue weighted by molar-refractivity contribution is 7.21. The van der Waals surface area contributed by atoms with E-state index in [4.69, 9.17) is 5.73 Å². The summed E-state index contributed by atoms with van der Waals surface area (Å²) in [5.74, 6) is 0.0734. The molecule has 3 rings (SSSR count). The molecular formula is C16H21N3OS. The zero-order valence-electron chi connectivity index (χ0n) is 12.6. The van der Waals surface area contributed by atoms with Crippen LogP contribution in [0.15, 0.2) is 12.3 Å². The fourth-order valence-electron chi connectivity index (χ4n) is 3.28. The van der Waals surface area contributed by atoms with Crippen molar-refractivity contribution in [2.75, 3.05) is 12.3 Å². The number of rotatable bonds is 3. The van der Waals surface area contributed by atoms with Gasteiger partial charge in [-0.1, -0.05) is 12.8 Å². The zero-order chi connectivity index (χ0) is 15.0. The Morgan fingerprint density at radius 2 is 2.19 bits per heavy atom. The number of nitrogen functional groups attached to an aromatic ring is 1. The van der Waals surface area contributed by atoms with Gasteiger partial charge in [0, 0.05) is 24.2 Å². The molecule has 2 heterocycles. The molecule has 0 atom stereocenters. The summed E-state index contributed by atoms with van der Waals surface area (Å²) in [7, 11) is 0. The molecule has 21 heavy (non-hydrogen) atoms. The van der Waals surface area contributed by atoms with Crippen LogP contribution in [0.4, 0.5) is 5.69 Å². The molecule has 1 aliphatic rings. The van der Waals surface area contributed by atoms with Crippen molar-refractivity contribution in [3.8, 4) is 0 Å². The quantitative estimate of drug-likeness (QED) is 0.942. The predicted molar refractivity (Wildman–Crippen MR) is 87.7 cm³/mol. The molecule has 0 saturated heterocycles. The average molecular weight is 303 g/mol. The molecule has 2 aromatic rings. The Labute approximate surface area is 129 Å². The van der Waals surface area contributed by atoms with Crippen LogP contribution in [-0.4, -0.2) is 28.4 Å². The number of fused-ring (bicyclic) bond motifs is 1. The number of pyridine rings is 1. The Morgan fingerprint density at radius 3 is 2.81 bits per heavy atom. The van der Waals surface area contributed by atoms with Crippen LogP contribution in [0.1, 0.15) is 47.8 Å². The molecular weight excluding hydrogens is 282 g/mol. The van der Waals surface area contributed by atoms with Crippen molar-refractivity contribution < 1.29 is 4.79 Å². The fourth-order valence-corrected chi connectivity index (χ4v) is 4.37. The largest absolute Gasteiger partial charge is 0.397 e. The number of anilines is 1. The third-order valence-corrected chi connectivity index (χ3v) is 5.50. The van der Waals surface area contributed by atoms with Crippen molar-refractivity contribution in [2.24, 2.45) is 0 Å². The van der Waals surface area contributed by atoms with Crippen LogP contribution < -0.4 is 5.73 Å². The van der Waals surface area contributed by atoms with Crippen molar-refractivity contribution in [3.05, 3.63) is 22.7 Å². The van der Waals surface area contributed by atoms with Crippen LogP contribution in [0.2, 0.25) is 0 Å². The Bertz CT molecular complexity index is 673. The minimum Gasteiger partial charge on any atom is -0.397 e. The van der Waals surface area contributed by atoms with Crippen molar-refractivity contribution in [1.82, 2.24) is 9.88 Å². The van der Waals surface area contributed by atoms with E-state index in [1.165, 1.54) is 24.2 Å². The van der Waals surface area contributed by atoms with E-state index >= 15 is 0 Å². The Hall–Kier alpha value is -1.62. The molecule has 0 aliphatic heterocycles. The number of carbonyl (C=O) groups excluding carboxylic acids is 1. The highest BCUT2D eigenvalue weighted by Gasteiger charge is 2.29. The lowest BCUT2D eigenvalue weighted by Crippen LogP contribution is -2.38. The van der Waals surface area contributed by atoms with Crippen LogP contribution in [0, 0.1) is 6.92 Å². The summed E-state index contributed by atoms with van der Waals surface area (Å²) in [6, 6.07) is 2.31. The lowest BCUT2D eigenvalue weighted by molar-refractivity contribution is 0.0699. The first-order valence-corrected chi connectivity index (χ1v) is 8.39. The van der Waals surface area contributed by atoms with Crippen LogP contribution in [0.25, 0.3) is 10.2 Å². The number of aryl methyl sites for hydroxylation is 1. The second-order valence-electron chi connectivity index (χ2n) is 5.68. The molecule has 0 unspecified atom stereocenters. The summed E-state index contributed by atoms with van der Waals surface area (Å²) in [5, 5.41) is 0.938. The summed E-state index contributed by atoms with van der Waals surface area (Å²) in [6.45, 7) is 4.79. The van der Waals surface area contributed by atoms with Gasteiger partial charge in [-0.15, -0.1) is 11.3 Å². The number of nitrogens with two attached hydrogens (primary N) is 1. The number of carbonyl (C=O) groups is 1. The molecule has 0 radical (unpaired) electrons. The SMILES string of the molecule is CCN(C(=O)c1sc2nccc(C)c2c1N)C1CCCC1. The van der Waals surface area contributed by atoms with Gasteiger partial charge in [0.15, 0.2) is 0 Å². The van der Waals surface area contributed by atoms with Crippen molar-refractivity contribution >= 4 is 33.1 Å². The van der Waals surface area contributed by atoms with Gasteiger partial charge < -0.3 is 10.6 Å². The number of hydrogen-bond acceptors (Lipinski definition) is 4. The van der Waals surface area contributed by atoms with E-state index in [-0.39, 0.29) is 5.91 Å². The summed E-state index contributed by atoms with van der Waals surface area (Å²) >= 11 is 1.42. The Kier molecular flexibility index (Phi) is 3.85. The molecule has 1 fully saturated rings. The monoisotopic (exact) mass is 303 g/mol. The van der Waals surface area contributed by atoms with Crippen molar-refractivity contribution in [1.29, 1.82) is 0 Å². The van der Waals surface area contributed by atoms with Crippen LogP contribution >= 0.6 is 11.3 Å². The first kappa shape index (κ1) is 14.3. The predicted octanol–water partition coefficient (Wildman–Crippen LogP) is 3.59. The van der Waals surface area contributed by atoms with E-state index in [0.717, 1.165) is 35.2 Å². The minimum atomic E-state index is 0.0734. The first-order valence-electron chi connectivity index (χ1n) is 7.58. The topological polar surface area (TPSA) is 59.2 Å². The zero-order valence-corrected chi connectivity index (χ0v) is 13.4. The van der Waals surface area contributed by atoms with Crippen LogP contribution in [-0.2, 0) is 0 Å². The van der Waals surface area contributed by atoms with E-state index in [1.54, 1.807) is 6.20 Å². The Morgan fingerprint density at radius 1 is 1.48 bits per heavy atom. The van der Waals surface area contributed by atoms with E-state index in [1.807, 2.05) is 24.8 Å². The minimum absolute atomic E-state index is 0.0734. The summed E-state index contributed by atoms with van der Waals surface area (Å²) in [5.41, 5.74) is 7.93. The maximum atomic E-state index is 12.9. The van der Waals surface area contributed by atoms with Crippen LogP contribution in [0.5, 0.6) is 0 Å². The van der Waals surface area contributed by atoms with E-state index in [0.29, 0.717) is 16.6 Å². The number of nitrogens with zero attached hydrogens (tertiary/aromatic N) is 2. The van der Waals surface area contributed by atoms with Gasteiger partial charge in [-0.2, -0.15) is 0 Å². The molecule has 0 spiro atoms. The molecule has 2 aromatic heterocycles. The van der Waals surface area contributed by atoms with Gasteiger partial charge >= 0.3 is 0 Å².